The van der Waals surface area contributed by atoms with E-state index in [9.17, 15) is 0 Å². The lowest BCUT2D eigenvalue weighted by Crippen LogP contribution is -2.37. The molecule has 0 bridgehead atoms. The maximum Gasteiger partial charge on any atom is 0.164 e. The molecule has 0 fully saturated rings. The van der Waals surface area contributed by atoms with Crippen LogP contribution in [0.5, 0.6) is 0 Å². The highest BCUT2D eigenvalue weighted by molar-refractivity contribution is 9.26. The van der Waals surface area contributed by atoms with Gasteiger partial charge in [0.05, 0.1) is 0 Å². The van der Waals surface area contributed by atoms with Crippen molar-refractivity contribution < 1.29 is 8.85 Å². The molecule has 0 saturated heterocycles. The minimum absolute atomic E-state index is 0.302. The van der Waals surface area contributed by atoms with Gasteiger partial charge in [-0.25, -0.2) is 0 Å². The van der Waals surface area contributed by atoms with Crippen LogP contribution in [0.1, 0.15) is 83.1 Å². The first-order chi connectivity index (χ1) is 14.4. The summed E-state index contributed by atoms with van der Waals surface area (Å²) in [5.74, 6) is 3.75. The molecule has 0 heterocycles. The van der Waals surface area contributed by atoms with Crippen LogP contribution in [0.2, 0.25) is 11.1 Å². The highest BCUT2D eigenvalue weighted by Gasteiger charge is 2.40. The Labute approximate surface area is 221 Å². The zero-order valence-corrected chi connectivity index (χ0v) is 29.7. The van der Waals surface area contributed by atoms with Crippen LogP contribution in [0.3, 0.4) is 0 Å². The molecule has 8 heteroatoms. The van der Waals surface area contributed by atoms with Gasteiger partial charge in [0, 0.05) is 25.7 Å². The van der Waals surface area contributed by atoms with Crippen LogP contribution in [0.4, 0.5) is 0 Å². The molecule has 0 rings (SSSR count). The van der Waals surface area contributed by atoms with Gasteiger partial charge in [-0.3, -0.25) is 0 Å². The molecule has 2 nitrogen and oxygen atoms in total. The first-order valence-electron chi connectivity index (χ1n) is 11.9. The smallest absolute Gasteiger partial charge is 0.164 e. The number of hydrogen-bond acceptors (Lipinski definition) is 6. The van der Waals surface area contributed by atoms with Crippen molar-refractivity contribution in [2.75, 3.05) is 25.7 Å². The zero-order chi connectivity index (χ0) is 25.4. The predicted octanol–water partition coefficient (Wildman–Crippen LogP) is 8.12. The molecular formula is C24H54O2S4Si2. The molecule has 0 amide bonds. The number of hydrogen-bond donors (Lipinski definition) is 0. The Hall–Kier alpha value is 1.75. The highest BCUT2D eigenvalue weighted by atomic mass is 33.7. The van der Waals surface area contributed by atoms with E-state index in [0.29, 0.717) is 44.6 Å². The largest absolute Gasteiger partial charge is 0.427 e. The van der Waals surface area contributed by atoms with E-state index in [-0.39, 0.29) is 0 Å². The van der Waals surface area contributed by atoms with Crippen molar-refractivity contribution >= 4 is 60.8 Å². The van der Waals surface area contributed by atoms with Gasteiger partial charge in [-0.05, 0) is 64.2 Å². The van der Waals surface area contributed by atoms with Crippen LogP contribution in [0.15, 0.2) is 0 Å². The third-order valence-corrected chi connectivity index (χ3v) is 18.2. The third kappa shape index (κ3) is 12.6. The van der Waals surface area contributed by atoms with Crippen molar-refractivity contribution in [3.8, 4) is 0 Å². The summed E-state index contributed by atoms with van der Waals surface area (Å²) in [5, 5.41) is 0. The van der Waals surface area contributed by atoms with Crippen LogP contribution in [-0.4, -0.2) is 45.3 Å². The van der Waals surface area contributed by atoms with Gasteiger partial charge >= 0.3 is 0 Å². The van der Waals surface area contributed by atoms with Gasteiger partial charge in [-0.2, -0.15) is 0 Å². The molecule has 0 N–H and O–H groups in total. The molecule has 0 aliphatic rings. The lowest BCUT2D eigenvalue weighted by atomic mass is 9.72. The maximum atomic E-state index is 5.79. The van der Waals surface area contributed by atoms with E-state index in [4.69, 9.17) is 8.85 Å². The van der Waals surface area contributed by atoms with E-state index in [0.717, 1.165) is 0 Å². The summed E-state index contributed by atoms with van der Waals surface area (Å²) in [6.07, 6.45) is 0. The standard InChI is InChI=1S/C24H54O2S4Si2/c1-21(2,3)17(19(31-25-13)23(7,8)9)15-27-29-30-28-16-18(22(4,5)6)20(32-26-14)24(10,11)12/h17-20H,15-16,31-32H2,1-14H3. The molecule has 0 aliphatic carbocycles. The Balaban J connectivity index is 4.95. The monoisotopic (exact) mass is 558 g/mol. The van der Waals surface area contributed by atoms with Crippen LogP contribution < -0.4 is 0 Å². The van der Waals surface area contributed by atoms with Gasteiger partial charge in [-0.15, -0.1) is 0 Å². The Bertz CT molecular complexity index is 462. The van der Waals surface area contributed by atoms with Gasteiger partial charge in [0.2, 0.25) is 0 Å². The average molecular weight is 559 g/mol. The molecular weight excluding hydrogens is 505 g/mol. The van der Waals surface area contributed by atoms with Crippen molar-refractivity contribution in [3.63, 3.8) is 0 Å². The summed E-state index contributed by atoms with van der Waals surface area (Å²) in [6.45, 7) is 28.8. The topological polar surface area (TPSA) is 18.5 Å². The van der Waals surface area contributed by atoms with E-state index in [1.54, 1.807) is 0 Å². The van der Waals surface area contributed by atoms with E-state index >= 15 is 0 Å². The Morgan fingerprint density at radius 1 is 0.531 bits per heavy atom. The maximum absolute atomic E-state index is 5.79. The molecule has 0 spiro atoms. The van der Waals surface area contributed by atoms with Crippen LogP contribution in [-0.2, 0) is 8.85 Å². The fourth-order valence-electron chi connectivity index (χ4n) is 4.48. The van der Waals surface area contributed by atoms with Crippen LogP contribution in [0.25, 0.3) is 0 Å². The lowest BCUT2D eigenvalue weighted by Gasteiger charge is -2.43. The van der Waals surface area contributed by atoms with Crippen molar-refractivity contribution in [1.29, 1.82) is 0 Å². The fourth-order valence-corrected chi connectivity index (χ4v) is 16.1. The Kier molecular flexibility index (Phi) is 15.3. The molecule has 0 saturated carbocycles. The summed E-state index contributed by atoms with van der Waals surface area (Å²) in [7, 11) is 10.8. The lowest BCUT2D eigenvalue weighted by molar-refractivity contribution is 0.175. The molecule has 32 heavy (non-hydrogen) atoms. The first kappa shape index (κ1) is 33.8. The van der Waals surface area contributed by atoms with Gasteiger partial charge in [0.1, 0.15) is 0 Å². The van der Waals surface area contributed by atoms with Crippen molar-refractivity contribution in [2.45, 2.75) is 94.2 Å². The van der Waals surface area contributed by atoms with E-state index < -0.39 is 19.5 Å². The van der Waals surface area contributed by atoms with Gasteiger partial charge in [0.25, 0.3) is 0 Å². The Morgan fingerprint density at radius 2 is 0.812 bits per heavy atom. The van der Waals surface area contributed by atoms with Gasteiger partial charge in [-0.1, -0.05) is 105 Å². The van der Waals surface area contributed by atoms with Crippen LogP contribution in [0, 0.1) is 33.5 Å². The molecule has 0 aromatic rings. The summed E-state index contributed by atoms with van der Waals surface area (Å²) < 4.78 is 11.6. The second-order valence-corrected chi connectivity index (χ2v) is 23.2. The highest BCUT2D eigenvalue weighted by Crippen LogP contribution is 2.53. The minimum Gasteiger partial charge on any atom is -0.427 e. The summed E-state index contributed by atoms with van der Waals surface area (Å²) in [4.78, 5) is 0. The van der Waals surface area contributed by atoms with Crippen molar-refractivity contribution in [2.24, 2.45) is 33.5 Å². The van der Waals surface area contributed by atoms with E-state index in [1.165, 1.54) is 11.5 Å². The van der Waals surface area contributed by atoms with Crippen LogP contribution >= 0.6 is 41.2 Å². The second kappa shape index (κ2) is 14.5. The summed E-state index contributed by atoms with van der Waals surface area (Å²) >= 11 is 0. The second-order valence-electron chi connectivity index (χ2n) is 13.5. The fraction of sp³-hybridized carbons (Fsp3) is 1.00. The minimum atomic E-state index is -0.537. The molecule has 0 aliphatic heterocycles. The molecule has 4 atom stereocenters. The molecule has 4 unspecified atom stereocenters. The molecule has 0 aromatic heterocycles. The molecule has 0 radical (unpaired) electrons. The van der Waals surface area contributed by atoms with Gasteiger partial charge in [0.15, 0.2) is 19.5 Å². The van der Waals surface area contributed by atoms with Crippen molar-refractivity contribution in [3.05, 3.63) is 0 Å². The molecule has 0 aromatic carbocycles. The van der Waals surface area contributed by atoms with Gasteiger partial charge < -0.3 is 8.85 Å². The summed E-state index contributed by atoms with van der Waals surface area (Å²) in [6, 6.07) is 0. The first-order valence-corrected chi connectivity index (χ1v) is 19.9. The quantitative estimate of drug-likeness (QED) is 0.128. The Morgan fingerprint density at radius 3 is 1.00 bits per heavy atom. The average Bonchev–Trinajstić information content (AvgIpc) is 2.57. The van der Waals surface area contributed by atoms with Crippen molar-refractivity contribution in [1.82, 2.24) is 0 Å². The SMILES string of the molecule is CO[SiH2]C(C(CSSSSCC(C([SiH2]OC)C(C)(C)C)C(C)(C)C)C(C)(C)C)C(C)(C)C. The summed E-state index contributed by atoms with van der Waals surface area (Å²) in [5.41, 5.74) is 2.60. The van der Waals surface area contributed by atoms with E-state index in [1.807, 2.05) is 33.9 Å². The predicted molar refractivity (Wildman–Crippen MR) is 164 cm³/mol. The third-order valence-electron chi connectivity index (χ3n) is 6.73. The number of rotatable bonds is 13. The zero-order valence-electron chi connectivity index (χ0n) is 23.6. The van der Waals surface area contributed by atoms with E-state index in [2.05, 4.69) is 105 Å². The normalized spacial score (nSPS) is 18.6. The molecule has 194 valence electrons.